The number of hydrogen-bond donors (Lipinski definition) is 3. The summed E-state index contributed by atoms with van der Waals surface area (Å²) in [5, 5.41) is 12.6. The maximum absolute atomic E-state index is 12.9. The van der Waals surface area contributed by atoms with Crippen LogP contribution < -0.4 is 21.4 Å². The molecule has 2 aromatic carbocycles. The van der Waals surface area contributed by atoms with Crippen LogP contribution in [0.4, 0.5) is 17.3 Å². The lowest BCUT2D eigenvalue weighted by molar-refractivity contribution is 0.144. The molecule has 0 radical (unpaired) electrons. The molecule has 1 aliphatic heterocycles. The molecular formula is C25H26Cl2N8O2. The fourth-order valence-corrected chi connectivity index (χ4v) is 4.91. The van der Waals surface area contributed by atoms with Gasteiger partial charge < -0.3 is 15.0 Å². The van der Waals surface area contributed by atoms with E-state index in [1.54, 1.807) is 25.3 Å². The third-order valence-corrected chi connectivity index (χ3v) is 6.94. The zero-order valence-corrected chi connectivity index (χ0v) is 21.7. The number of H-pyrrole nitrogens is 1. The Hall–Kier alpha value is -3.44. The number of ether oxygens (including phenoxy) is 1. The van der Waals surface area contributed by atoms with Gasteiger partial charge in [-0.15, -0.1) is 0 Å². The summed E-state index contributed by atoms with van der Waals surface area (Å²) in [4.78, 5) is 29.1. The predicted octanol–water partition coefficient (Wildman–Crippen LogP) is 3.41. The van der Waals surface area contributed by atoms with Gasteiger partial charge in [0.2, 0.25) is 5.95 Å². The molecule has 37 heavy (non-hydrogen) atoms. The SMILES string of the molecule is COCCN1CCN(c2ccc(Nc3ncc4c(=N)n(-c5c(Cl)cccc5Cl)c(=O)[nH]c4n3)cc2)CC1. The van der Waals surface area contributed by atoms with Crippen LogP contribution in [0.25, 0.3) is 16.7 Å². The van der Waals surface area contributed by atoms with Crippen LogP contribution in [0.2, 0.25) is 10.0 Å². The maximum atomic E-state index is 12.9. The number of piperazine rings is 1. The smallest absolute Gasteiger partial charge is 0.333 e. The van der Waals surface area contributed by atoms with E-state index in [2.05, 4.69) is 42.2 Å². The number of rotatable bonds is 7. The number of methoxy groups -OCH3 is 1. The molecule has 0 atom stereocenters. The summed E-state index contributed by atoms with van der Waals surface area (Å²) in [5.41, 5.74) is 1.73. The number of aromatic nitrogens is 4. The first-order chi connectivity index (χ1) is 17.9. The summed E-state index contributed by atoms with van der Waals surface area (Å²) in [7, 11) is 1.73. The Balaban J connectivity index is 1.33. The molecule has 0 spiro atoms. The Morgan fingerprint density at radius 3 is 2.46 bits per heavy atom. The molecule has 1 aliphatic rings. The first-order valence-electron chi connectivity index (χ1n) is 11.8. The van der Waals surface area contributed by atoms with Gasteiger partial charge >= 0.3 is 5.69 Å². The number of nitrogens with one attached hydrogen (secondary N) is 3. The van der Waals surface area contributed by atoms with E-state index in [-0.39, 0.29) is 26.9 Å². The standard InChI is InChI=1S/C25H26Cl2N8O2/c1-37-14-13-33-9-11-34(12-10-33)17-7-5-16(6-8-17)30-24-29-15-18-22(28)35(25(36)32-23(18)31-24)21-19(26)3-2-4-20(21)27/h2-8,15,28H,9-14H2,1H3,(H2,29,30,31,32,36). The van der Waals surface area contributed by atoms with Crippen molar-refractivity contribution in [2.75, 3.05) is 56.7 Å². The Morgan fingerprint density at radius 1 is 1.08 bits per heavy atom. The highest BCUT2D eigenvalue weighted by Crippen LogP contribution is 2.26. The minimum atomic E-state index is -0.580. The van der Waals surface area contributed by atoms with Gasteiger partial charge in [-0.1, -0.05) is 29.3 Å². The normalized spacial score (nSPS) is 14.3. The van der Waals surface area contributed by atoms with Gasteiger partial charge in [0.05, 0.1) is 27.7 Å². The molecule has 0 amide bonds. The van der Waals surface area contributed by atoms with Crippen molar-refractivity contribution in [2.45, 2.75) is 0 Å². The highest BCUT2D eigenvalue weighted by molar-refractivity contribution is 6.37. The van der Waals surface area contributed by atoms with Gasteiger partial charge in [0.15, 0.2) is 5.65 Å². The molecule has 5 rings (SSSR count). The van der Waals surface area contributed by atoms with Crippen LogP contribution in [0.3, 0.4) is 0 Å². The Kier molecular flexibility index (Phi) is 7.43. The Bertz CT molecular complexity index is 1510. The monoisotopic (exact) mass is 540 g/mol. The number of hydrogen-bond acceptors (Lipinski definition) is 8. The number of para-hydroxylation sites is 1. The first-order valence-corrected chi connectivity index (χ1v) is 12.5. The second-order valence-electron chi connectivity index (χ2n) is 8.63. The molecule has 3 heterocycles. The van der Waals surface area contributed by atoms with Gasteiger partial charge in [0.1, 0.15) is 5.49 Å². The zero-order valence-electron chi connectivity index (χ0n) is 20.2. The van der Waals surface area contributed by atoms with E-state index in [1.165, 1.54) is 6.20 Å². The number of halogens is 2. The maximum Gasteiger partial charge on any atom is 0.333 e. The molecule has 2 aromatic heterocycles. The van der Waals surface area contributed by atoms with Crippen molar-refractivity contribution in [3.63, 3.8) is 0 Å². The van der Waals surface area contributed by atoms with Crippen LogP contribution in [0.1, 0.15) is 0 Å². The van der Waals surface area contributed by atoms with E-state index in [0.29, 0.717) is 11.3 Å². The van der Waals surface area contributed by atoms with Crippen molar-refractivity contribution < 1.29 is 4.74 Å². The van der Waals surface area contributed by atoms with E-state index < -0.39 is 5.69 Å². The lowest BCUT2D eigenvalue weighted by Gasteiger charge is -2.36. The number of nitrogens with zero attached hydrogens (tertiary/aromatic N) is 5. The molecule has 0 saturated carbocycles. The average molecular weight is 541 g/mol. The molecule has 0 bridgehead atoms. The molecule has 0 unspecified atom stereocenters. The first kappa shape index (κ1) is 25.2. The highest BCUT2D eigenvalue weighted by Gasteiger charge is 2.17. The second kappa shape index (κ2) is 10.9. The summed E-state index contributed by atoms with van der Waals surface area (Å²) in [6.07, 6.45) is 1.49. The number of benzene rings is 2. The molecule has 1 saturated heterocycles. The quantitative estimate of drug-likeness (QED) is 0.329. The Labute approximate surface area is 223 Å². The molecular weight excluding hydrogens is 515 g/mol. The van der Waals surface area contributed by atoms with E-state index in [0.717, 1.165) is 55.3 Å². The van der Waals surface area contributed by atoms with Crippen LogP contribution in [-0.4, -0.2) is 70.9 Å². The van der Waals surface area contributed by atoms with E-state index in [4.69, 9.17) is 33.3 Å². The lowest BCUT2D eigenvalue weighted by Crippen LogP contribution is -2.47. The van der Waals surface area contributed by atoms with E-state index in [1.807, 2.05) is 12.1 Å². The molecule has 1 fully saturated rings. The molecule has 10 nitrogen and oxygen atoms in total. The number of aromatic amines is 1. The van der Waals surface area contributed by atoms with Gasteiger partial charge in [0.25, 0.3) is 0 Å². The minimum absolute atomic E-state index is 0.119. The van der Waals surface area contributed by atoms with Gasteiger partial charge in [0, 0.05) is 57.4 Å². The third-order valence-electron chi connectivity index (χ3n) is 6.33. The Morgan fingerprint density at radius 2 is 1.78 bits per heavy atom. The lowest BCUT2D eigenvalue weighted by atomic mass is 10.2. The summed E-state index contributed by atoms with van der Waals surface area (Å²) in [6, 6.07) is 13.0. The largest absolute Gasteiger partial charge is 0.383 e. The van der Waals surface area contributed by atoms with Crippen molar-refractivity contribution in [2.24, 2.45) is 0 Å². The second-order valence-corrected chi connectivity index (χ2v) is 9.45. The van der Waals surface area contributed by atoms with Crippen LogP contribution in [-0.2, 0) is 4.74 Å². The van der Waals surface area contributed by atoms with Gasteiger partial charge in [-0.3, -0.25) is 15.3 Å². The summed E-state index contributed by atoms with van der Waals surface area (Å²) in [6.45, 7) is 5.66. The molecule has 0 aliphatic carbocycles. The molecule has 3 N–H and O–H groups in total. The van der Waals surface area contributed by atoms with Gasteiger partial charge in [-0.25, -0.2) is 14.3 Å². The van der Waals surface area contributed by atoms with Crippen molar-refractivity contribution in [1.82, 2.24) is 24.4 Å². The van der Waals surface area contributed by atoms with Crippen LogP contribution in [0.15, 0.2) is 53.5 Å². The van der Waals surface area contributed by atoms with Crippen LogP contribution in [0.5, 0.6) is 0 Å². The summed E-state index contributed by atoms with van der Waals surface area (Å²) in [5.74, 6) is 0.301. The minimum Gasteiger partial charge on any atom is -0.383 e. The third kappa shape index (κ3) is 5.33. The fraction of sp³-hybridized carbons (Fsp3) is 0.280. The number of fused-ring (bicyclic) bond motifs is 1. The van der Waals surface area contributed by atoms with Crippen LogP contribution in [0, 0.1) is 5.41 Å². The highest BCUT2D eigenvalue weighted by atomic mass is 35.5. The topological polar surface area (TPSA) is 115 Å². The average Bonchev–Trinajstić information content (AvgIpc) is 2.90. The number of anilines is 3. The summed E-state index contributed by atoms with van der Waals surface area (Å²) >= 11 is 12.5. The molecule has 12 heteroatoms. The molecule has 192 valence electrons. The van der Waals surface area contributed by atoms with E-state index >= 15 is 0 Å². The van der Waals surface area contributed by atoms with Gasteiger partial charge in [-0.2, -0.15) is 4.98 Å². The van der Waals surface area contributed by atoms with Crippen molar-refractivity contribution in [3.05, 3.63) is 74.7 Å². The molecule has 4 aromatic rings. The predicted molar refractivity (Wildman–Crippen MR) is 146 cm³/mol. The van der Waals surface area contributed by atoms with Crippen molar-refractivity contribution in [3.8, 4) is 5.69 Å². The van der Waals surface area contributed by atoms with Gasteiger partial charge in [-0.05, 0) is 36.4 Å². The van der Waals surface area contributed by atoms with Crippen molar-refractivity contribution >= 4 is 51.6 Å². The zero-order chi connectivity index (χ0) is 25.9. The van der Waals surface area contributed by atoms with Crippen LogP contribution >= 0.6 is 23.2 Å². The fourth-order valence-electron chi connectivity index (χ4n) is 4.34. The van der Waals surface area contributed by atoms with Crippen molar-refractivity contribution in [1.29, 1.82) is 5.41 Å². The summed E-state index contributed by atoms with van der Waals surface area (Å²) < 4.78 is 6.29. The van der Waals surface area contributed by atoms with E-state index in [9.17, 15) is 4.79 Å².